The number of hydrogen-bond donors (Lipinski definition) is 1. The molecular formula is C26H32N2O2. The van der Waals surface area contributed by atoms with Gasteiger partial charge < -0.3 is 9.73 Å². The van der Waals surface area contributed by atoms with E-state index in [-0.39, 0.29) is 11.4 Å². The molecule has 4 nitrogen and oxygen atoms in total. The van der Waals surface area contributed by atoms with E-state index in [1.54, 1.807) is 0 Å². The van der Waals surface area contributed by atoms with Gasteiger partial charge in [-0.25, -0.2) is 0 Å². The molecule has 1 aliphatic heterocycles. The third kappa shape index (κ3) is 3.41. The van der Waals surface area contributed by atoms with Gasteiger partial charge in [-0.2, -0.15) is 0 Å². The first-order chi connectivity index (χ1) is 14.7. The molecule has 3 aromatic rings. The zero-order valence-corrected chi connectivity index (χ0v) is 18.0. The van der Waals surface area contributed by atoms with E-state index in [0.717, 1.165) is 33.8 Å². The maximum atomic E-state index is 13.2. The molecule has 0 radical (unpaired) electrons. The van der Waals surface area contributed by atoms with E-state index in [2.05, 4.69) is 34.5 Å². The predicted octanol–water partition coefficient (Wildman–Crippen LogP) is 5.81. The molecule has 5 rings (SSSR count). The van der Waals surface area contributed by atoms with Crippen LogP contribution in [0.2, 0.25) is 0 Å². The van der Waals surface area contributed by atoms with Crippen LogP contribution in [0.5, 0.6) is 0 Å². The van der Waals surface area contributed by atoms with E-state index >= 15 is 0 Å². The SMILES string of the molecule is Cc1c(C(=O)NCC2(N3CCCCC3)CCCCC2)oc2c1ccc1ccccc12. The lowest BCUT2D eigenvalue weighted by atomic mass is 9.79. The first kappa shape index (κ1) is 19.6. The normalized spacial score (nSPS) is 19.9. The molecule has 0 unspecified atom stereocenters. The fraction of sp³-hybridized carbons (Fsp3) is 0.500. The number of carbonyl (C=O) groups excluding carboxylic acids is 1. The number of nitrogens with zero attached hydrogens (tertiary/aromatic N) is 1. The van der Waals surface area contributed by atoms with E-state index in [1.807, 2.05) is 19.1 Å². The lowest BCUT2D eigenvalue weighted by molar-refractivity contribution is 0.0323. The van der Waals surface area contributed by atoms with E-state index in [4.69, 9.17) is 4.42 Å². The van der Waals surface area contributed by atoms with Gasteiger partial charge in [0.15, 0.2) is 5.76 Å². The molecule has 0 bridgehead atoms. The fourth-order valence-electron chi connectivity index (χ4n) is 5.67. The van der Waals surface area contributed by atoms with Crippen molar-refractivity contribution in [2.75, 3.05) is 19.6 Å². The molecule has 1 N–H and O–H groups in total. The number of hydrogen-bond acceptors (Lipinski definition) is 3. The van der Waals surface area contributed by atoms with Crippen LogP contribution >= 0.6 is 0 Å². The van der Waals surface area contributed by atoms with Crippen molar-refractivity contribution in [3.63, 3.8) is 0 Å². The van der Waals surface area contributed by atoms with Crippen LogP contribution in [0.3, 0.4) is 0 Å². The molecule has 1 aliphatic carbocycles. The smallest absolute Gasteiger partial charge is 0.287 e. The monoisotopic (exact) mass is 404 g/mol. The fourth-order valence-corrected chi connectivity index (χ4v) is 5.67. The Morgan fingerprint density at radius 2 is 1.70 bits per heavy atom. The third-order valence-corrected chi connectivity index (χ3v) is 7.42. The molecule has 4 heteroatoms. The van der Waals surface area contributed by atoms with Crippen molar-refractivity contribution in [2.45, 2.75) is 63.8 Å². The van der Waals surface area contributed by atoms with Gasteiger partial charge in [-0.15, -0.1) is 0 Å². The number of fused-ring (bicyclic) bond motifs is 3. The van der Waals surface area contributed by atoms with Crippen molar-refractivity contribution >= 4 is 27.6 Å². The highest BCUT2D eigenvalue weighted by Crippen LogP contribution is 2.36. The minimum Gasteiger partial charge on any atom is -0.450 e. The highest BCUT2D eigenvalue weighted by Gasteiger charge is 2.38. The van der Waals surface area contributed by atoms with Crippen molar-refractivity contribution < 1.29 is 9.21 Å². The van der Waals surface area contributed by atoms with Crippen LogP contribution in [0.4, 0.5) is 0 Å². The lowest BCUT2D eigenvalue weighted by Gasteiger charge is -2.48. The maximum absolute atomic E-state index is 13.2. The second kappa shape index (κ2) is 8.07. The van der Waals surface area contributed by atoms with Crippen LogP contribution in [0, 0.1) is 6.92 Å². The number of amides is 1. The minimum atomic E-state index is -0.0743. The summed E-state index contributed by atoms with van der Waals surface area (Å²) in [5, 5.41) is 6.51. The number of piperidine rings is 1. The molecule has 2 fully saturated rings. The Balaban J connectivity index is 1.41. The highest BCUT2D eigenvalue weighted by molar-refractivity contribution is 6.08. The second-order valence-corrected chi connectivity index (χ2v) is 9.23. The average Bonchev–Trinajstić information content (AvgIpc) is 3.16. The Kier molecular flexibility index (Phi) is 5.28. The molecule has 30 heavy (non-hydrogen) atoms. The topological polar surface area (TPSA) is 45.5 Å². The quantitative estimate of drug-likeness (QED) is 0.596. The largest absolute Gasteiger partial charge is 0.450 e. The molecule has 2 aromatic carbocycles. The predicted molar refractivity (Wildman–Crippen MR) is 122 cm³/mol. The molecular weight excluding hydrogens is 372 g/mol. The van der Waals surface area contributed by atoms with Crippen molar-refractivity contribution in [1.29, 1.82) is 0 Å². The van der Waals surface area contributed by atoms with E-state index in [9.17, 15) is 4.79 Å². The number of likely N-dealkylation sites (tertiary alicyclic amines) is 1. The van der Waals surface area contributed by atoms with Crippen molar-refractivity contribution in [3.05, 3.63) is 47.7 Å². The molecule has 158 valence electrons. The van der Waals surface area contributed by atoms with Gasteiger partial charge in [0.05, 0.1) is 0 Å². The van der Waals surface area contributed by atoms with Crippen molar-refractivity contribution in [3.8, 4) is 0 Å². The van der Waals surface area contributed by atoms with Gasteiger partial charge in [0.2, 0.25) is 0 Å². The molecule has 0 atom stereocenters. The summed E-state index contributed by atoms with van der Waals surface area (Å²) >= 11 is 0. The summed E-state index contributed by atoms with van der Waals surface area (Å²) in [7, 11) is 0. The van der Waals surface area contributed by atoms with Crippen molar-refractivity contribution in [1.82, 2.24) is 10.2 Å². The molecule has 0 spiro atoms. The van der Waals surface area contributed by atoms with Gasteiger partial charge in [0.25, 0.3) is 5.91 Å². The Morgan fingerprint density at radius 1 is 0.967 bits per heavy atom. The first-order valence-electron chi connectivity index (χ1n) is 11.6. The number of nitrogens with one attached hydrogen (secondary N) is 1. The summed E-state index contributed by atoms with van der Waals surface area (Å²) in [6.45, 7) is 5.07. The third-order valence-electron chi connectivity index (χ3n) is 7.42. The van der Waals surface area contributed by atoms with Gasteiger partial charge in [0, 0.05) is 28.4 Å². The van der Waals surface area contributed by atoms with E-state index < -0.39 is 0 Å². The van der Waals surface area contributed by atoms with Gasteiger partial charge in [-0.05, 0) is 51.1 Å². The van der Waals surface area contributed by atoms with Gasteiger partial charge in [-0.3, -0.25) is 9.69 Å². The Hall–Kier alpha value is -2.33. The molecule has 1 aromatic heterocycles. The van der Waals surface area contributed by atoms with Crippen LogP contribution in [0.25, 0.3) is 21.7 Å². The van der Waals surface area contributed by atoms with Gasteiger partial charge >= 0.3 is 0 Å². The van der Waals surface area contributed by atoms with Crippen LogP contribution in [0.15, 0.2) is 40.8 Å². The molecule has 1 saturated carbocycles. The standard InChI is InChI=1S/C26H32N2O2/c1-19-21-13-12-20-10-4-5-11-22(20)24(21)30-23(19)25(29)27-18-26(14-6-2-7-15-26)28-16-8-3-9-17-28/h4-5,10-13H,2-3,6-9,14-18H2,1H3,(H,27,29). The summed E-state index contributed by atoms with van der Waals surface area (Å²) in [5.74, 6) is 0.390. The second-order valence-electron chi connectivity index (χ2n) is 9.23. The van der Waals surface area contributed by atoms with Crippen LogP contribution < -0.4 is 5.32 Å². The number of rotatable bonds is 4. The number of benzene rings is 2. The lowest BCUT2D eigenvalue weighted by Crippen LogP contribution is -2.58. The Labute approximate surface area is 178 Å². The molecule has 2 aliphatic rings. The number of aryl methyl sites for hydroxylation is 1. The average molecular weight is 405 g/mol. The van der Waals surface area contributed by atoms with Crippen molar-refractivity contribution in [2.24, 2.45) is 0 Å². The number of carbonyl (C=O) groups is 1. The van der Waals surface area contributed by atoms with E-state index in [0.29, 0.717) is 5.76 Å². The molecule has 1 amide bonds. The maximum Gasteiger partial charge on any atom is 0.287 e. The zero-order valence-electron chi connectivity index (χ0n) is 18.0. The summed E-state index contributed by atoms with van der Waals surface area (Å²) in [6.07, 6.45) is 10.1. The summed E-state index contributed by atoms with van der Waals surface area (Å²) in [5.41, 5.74) is 1.88. The summed E-state index contributed by atoms with van der Waals surface area (Å²) in [4.78, 5) is 15.9. The molecule has 1 saturated heterocycles. The van der Waals surface area contributed by atoms with Gasteiger partial charge in [0.1, 0.15) is 5.58 Å². The Morgan fingerprint density at radius 3 is 2.50 bits per heavy atom. The van der Waals surface area contributed by atoms with Crippen LogP contribution in [-0.2, 0) is 0 Å². The Bertz CT molecular complexity index is 1060. The number of furan rings is 1. The minimum absolute atomic E-state index is 0.0743. The van der Waals surface area contributed by atoms with Crippen LogP contribution in [0.1, 0.15) is 67.5 Å². The zero-order chi connectivity index (χ0) is 20.6. The first-order valence-corrected chi connectivity index (χ1v) is 11.6. The van der Waals surface area contributed by atoms with Crippen LogP contribution in [-0.4, -0.2) is 36.0 Å². The van der Waals surface area contributed by atoms with Gasteiger partial charge in [-0.1, -0.05) is 62.1 Å². The molecule has 2 heterocycles. The van der Waals surface area contributed by atoms with E-state index in [1.165, 1.54) is 64.5 Å². The highest BCUT2D eigenvalue weighted by atomic mass is 16.3. The summed E-state index contributed by atoms with van der Waals surface area (Å²) < 4.78 is 6.17. The summed E-state index contributed by atoms with van der Waals surface area (Å²) in [6, 6.07) is 12.4.